The molecule has 0 unspecified atom stereocenters. The maximum atomic E-state index is 3.11. The molecule has 0 bridgehead atoms. The molecule has 0 atom stereocenters. The molecule has 0 aromatic rings. The number of hydrazine groups is 1. The molecule has 0 aromatic carbocycles. The second kappa shape index (κ2) is 4.69. The molecule has 0 aliphatic carbocycles. The first-order chi connectivity index (χ1) is 4.50. The van der Waals surface area contributed by atoms with Gasteiger partial charge >= 0.3 is 0 Å². The Hall–Kier alpha value is -0.160. The van der Waals surface area contributed by atoms with Gasteiger partial charge in [-0.2, -0.15) is 0 Å². The minimum absolute atomic E-state index is 1.00. The van der Waals surface area contributed by atoms with Crippen LogP contribution in [-0.2, 0) is 0 Å². The van der Waals surface area contributed by atoms with Gasteiger partial charge in [0.05, 0.1) is 0 Å². The Morgan fingerprint density at radius 3 is 1.22 bits per heavy atom. The second-order valence-corrected chi connectivity index (χ2v) is 2.03. The summed E-state index contributed by atoms with van der Waals surface area (Å²) in [5.41, 5.74) is 5.72. The van der Waals surface area contributed by atoms with Crippen molar-refractivity contribution >= 4 is 0 Å². The Morgan fingerprint density at radius 1 is 0.667 bits per heavy atom. The number of hydrogen-bond donors (Lipinski definition) is 4. The fourth-order valence-electron chi connectivity index (χ4n) is 0.567. The normalized spacial score (nSPS) is 24.0. The third-order valence-electron chi connectivity index (χ3n) is 1.23. The zero-order valence-electron chi connectivity index (χ0n) is 5.54. The van der Waals surface area contributed by atoms with Crippen LogP contribution in [0.5, 0.6) is 0 Å². The molecule has 2 fully saturated rings. The fourth-order valence-corrected chi connectivity index (χ4v) is 0.567. The first-order valence-electron chi connectivity index (χ1n) is 3.37. The van der Waals surface area contributed by atoms with E-state index in [1.807, 2.05) is 0 Å². The van der Waals surface area contributed by atoms with Gasteiger partial charge in [-0.05, 0) is 0 Å². The van der Waals surface area contributed by atoms with Gasteiger partial charge in [-0.15, -0.1) is 0 Å². The molecule has 0 radical (unpaired) electrons. The zero-order chi connectivity index (χ0) is 6.36. The average Bonchev–Trinajstić information content (AvgIpc) is 2.07. The van der Waals surface area contributed by atoms with Crippen molar-refractivity contribution in [1.29, 1.82) is 0 Å². The first kappa shape index (κ1) is 6.95. The van der Waals surface area contributed by atoms with Gasteiger partial charge in [0.15, 0.2) is 0 Å². The van der Waals surface area contributed by atoms with E-state index in [1.165, 1.54) is 0 Å². The summed E-state index contributed by atoms with van der Waals surface area (Å²) in [6, 6.07) is 0. The van der Waals surface area contributed by atoms with E-state index in [1.54, 1.807) is 0 Å². The highest BCUT2D eigenvalue weighted by Crippen LogP contribution is 1.62. The molecule has 54 valence electrons. The third kappa shape index (κ3) is 3.42. The summed E-state index contributed by atoms with van der Waals surface area (Å²) in [6.07, 6.45) is 0. The van der Waals surface area contributed by atoms with E-state index in [2.05, 4.69) is 21.5 Å². The van der Waals surface area contributed by atoms with Gasteiger partial charge in [-0.1, -0.05) is 0 Å². The topological polar surface area (TPSA) is 48.1 Å². The smallest absolute Gasteiger partial charge is 0.0455 e. The highest BCUT2D eigenvalue weighted by molar-refractivity contribution is 4.55. The summed E-state index contributed by atoms with van der Waals surface area (Å²) in [5.74, 6) is 0. The minimum Gasteiger partial charge on any atom is -0.303 e. The van der Waals surface area contributed by atoms with Crippen LogP contribution in [0.1, 0.15) is 0 Å². The van der Waals surface area contributed by atoms with Crippen molar-refractivity contribution in [1.82, 2.24) is 21.5 Å². The van der Waals surface area contributed by atoms with Crippen molar-refractivity contribution in [2.75, 3.05) is 32.8 Å². The van der Waals surface area contributed by atoms with Crippen molar-refractivity contribution in [3.05, 3.63) is 0 Å². The minimum atomic E-state index is 1.00. The van der Waals surface area contributed by atoms with Crippen molar-refractivity contribution < 1.29 is 0 Å². The number of nitrogens with one attached hydrogen (secondary N) is 4. The monoisotopic (exact) mass is 130 g/mol. The maximum absolute atomic E-state index is 3.11. The summed E-state index contributed by atoms with van der Waals surface area (Å²) in [6.45, 7) is 5.56. The molecule has 2 rings (SSSR count). The maximum Gasteiger partial charge on any atom is 0.0455 e. The molecule has 2 aliphatic heterocycles. The molecule has 0 amide bonds. The summed E-state index contributed by atoms with van der Waals surface area (Å²) in [7, 11) is 0. The van der Waals surface area contributed by atoms with Gasteiger partial charge < -0.3 is 10.6 Å². The van der Waals surface area contributed by atoms with Crippen molar-refractivity contribution in [2.45, 2.75) is 0 Å². The van der Waals surface area contributed by atoms with E-state index >= 15 is 0 Å². The van der Waals surface area contributed by atoms with Crippen molar-refractivity contribution in [3.63, 3.8) is 0 Å². The Kier molecular flexibility index (Phi) is 3.63. The van der Waals surface area contributed by atoms with Crippen LogP contribution in [0.3, 0.4) is 0 Å². The van der Waals surface area contributed by atoms with Crippen molar-refractivity contribution in [3.8, 4) is 0 Å². The SMILES string of the molecule is C1CNCN1.C1CNN1. The molecule has 4 heteroatoms. The van der Waals surface area contributed by atoms with Crippen LogP contribution in [-0.4, -0.2) is 32.8 Å². The predicted molar refractivity (Wildman–Crippen MR) is 36.9 cm³/mol. The first-order valence-corrected chi connectivity index (χ1v) is 3.37. The highest BCUT2D eigenvalue weighted by atomic mass is 15.4. The Morgan fingerprint density at radius 2 is 1.11 bits per heavy atom. The molecule has 0 spiro atoms. The molecule has 0 saturated carbocycles. The largest absolute Gasteiger partial charge is 0.303 e. The van der Waals surface area contributed by atoms with Crippen molar-refractivity contribution in [2.24, 2.45) is 0 Å². The lowest BCUT2D eigenvalue weighted by atomic mass is 10.6. The van der Waals surface area contributed by atoms with Gasteiger partial charge in [0.1, 0.15) is 0 Å². The van der Waals surface area contributed by atoms with Crippen LogP contribution in [0.25, 0.3) is 0 Å². The number of rotatable bonds is 0. The standard InChI is InChI=1S/C3H8N2.C2H6N2/c1-2-5-3-4-1;1-2-4-3-1/h4-5H,1-3H2;3-4H,1-2H2. The predicted octanol–water partition coefficient (Wildman–Crippen LogP) is -1.77. The van der Waals surface area contributed by atoms with E-state index in [-0.39, 0.29) is 0 Å². The van der Waals surface area contributed by atoms with E-state index in [0.29, 0.717) is 0 Å². The van der Waals surface area contributed by atoms with Crippen LogP contribution in [0.4, 0.5) is 0 Å². The van der Waals surface area contributed by atoms with Crippen LogP contribution in [0, 0.1) is 0 Å². The lowest BCUT2D eigenvalue weighted by molar-refractivity contribution is 0.423. The van der Waals surface area contributed by atoms with E-state index < -0.39 is 0 Å². The van der Waals surface area contributed by atoms with Gasteiger partial charge in [0.25, 0.3) is 0 Å². The Bertz CT molecular complexity index is 46.4. The van der Waals surface area contributed by atoms with E-state index in [4.69, 9.17) is 0 Å². The van der Waals surface area contributed by atoms with Crippen LogP contribution >= 0.6 is 0 Å². The Labute approximate surface area is 55.4 Å². The zero-order valence-corrected chi connectivity index (χ0v) is 5.54. The van der Waals surface area contributed by atoms with Crippen LogP contribution < -0.4 is 21.5 Å². The summed E-state index contributed by atoms with van der Waals surface area (Å²) >= 11 is 0. The molecule has 2 aliphatic rings. The number of hydrogen-bond acceptors (Lipinski definition) is 4. The summed E-state index contributed by atoms with van der Waals surface area (Å²) in [4.78, 5) is 0. The van der Waals surface area contributed by atoms with Crippen LogP contribution in [0.2, 0.25) is 0 Å². The molecule has 9 heavy (non-hydrogen) atoms. The van der Waals surface area contributed by atoms with Gasteiger partial charge in [0, 0.05) is 32.8 Å². The lowest BCUT2D eigenvalue weighted by Gasteiger charge is -2.13. The van der Waals surface area contributed by atoms with Gasteiger partial charge in [-0.25, -0.2) is 0 Å². The molecular weight excluding hydrogens is 116 g/mol. The molecule has 4 N–H and O–H groups in total. The van der Waals surface area contributed by atoms with Gasteiger partial charge in [0.2, 0.25) is 0 Å². The fraction of sp³-hybridized carbons (Fsp3) is 1.00. The lowest BCUT2D eigenvalue weighted by Crippen LogP contribution is -2.49. The van der Waals surface area contributed by atoms with Gasteiger partial charge in [-0.3, -0.25) is 10.9 Å². The quantitative estimate of drug-likeness (QED) is 0.313. The molecule has 0 aromatic heterocycles. The summed E-state index contributed by atoms with van der Waals surface area (Å²) in [5, 5.41) is 6.22. The molecule has 2 saturated heterocycles. The van der Waals surface area contributed by atoms with E-state index in [0.717, 1.165) is 32.8 Å². The molecule has 2 heterocycles. The van der Waals surface area contributed by atoms with E-state index in [9.17, 15) is 0 Å². The molecular formula is C5H14N4. The third-order valence-corrected chi connectivity index (χ3v) is 1.23. The molecule has 4 nitrogen and oxygen atoms in total. The summed E-state index contributed by atoms with van der Waals surface area (Å²) < 4.78 is 0. The highest BCUT2D eigenvalue weighted by Gasteiger charge is 1.90. The Balaban J connectivity index is 0.0000000922. The average molecular weight is 130 g/mol. The van der Waals surface area contributed by atoms with Crippen LogP contribution in [0.15, 0.2) is 0 Å². The second-order valence-electron chi connectivity index (χ2n) is 2.03.